The van der Waals surface area contributed by atoms with E-state index in [1.165, 1.54) is 12.1 Å². The van der Waals surface area contributed by atoms with Crippen LogP contribution >= 0.6 is 0 Å². The molecule has 1 N–H and O–H groups in total. The number of rotatable bonds is 1. The molecule has 1 aliphatic heterocycles. The lowest BCUT2D eigenvalue weighted by molar-refractivity contribution is 0.0639. The number of benzene rings is 2. The Labute approximate surface area is 115 Å². The highest BCUT2D eigenvalue weighted by molar-refractivity contribution is 5.41. The van der Waals surface area contributed by atoms with Gasteiger partial charge in [-0.05, 0) is 31.2 Å². The average Bonchev–Trinajstić information content (AvgIpc) is 2.39. The van der Waals surface area contributed by atoms with Crippen molar-refractivity contribution in [1.29, 1.82) is 0 Å². The molecule has 1 heterocycles. The molecule has 0 fully saturated rings. The van der Waals surface area contributed by atoms with Crippen molar-refractivity contribution < 1.29 is 18.6 Å². The van der Waals surface area contributed by atoms with Crippen LogP contribution in [0.3, 0.4) is 0 Å². The number of hydrogen-bond acceptors (Lipinski definition) is 2. The molecule has 4 heteroatoms. The van der Waals surface area contributed by atoms with Crippen molar-refractivity contribution in [3.05, 3.63) is 64.7 Å². The molecule has 2 atom stereocenters. The van der Waals surface area contributed by atoms with Crippen LogP contribution in [0.2, 0.25) is 0 Å². The lowest BCUT2D eigenvalue weighted by Crippen LogP contribution is -2.20. The molecule has 20 heavy (non-hydrogen) atoms. The molecule has 0 saturated carbocycles. The topological polar surface area (TPSA) is 29.5 Å². The average molecular weight is 276 g/mol. The fraction of sp³-hybridized carbons (Fsp3) is 0.250. The summed E-state index contributed by atoms with van der Waals surface area (Å²) in [4.78, 5) is 0. The van der Waals surface area contributed by atoms with E-state index >= 15 is 0 Å². The second-order valence-corrected chi connectivity index (χ2v) is 5.07. The van der Waals surface area contributed by atoms with Crippen molar-refractivity contribution >= 4 is 0 Å². The van der Waals surface area contributed by atoms with Crippen LogP contribution in [-0.4, -0.2) is 5.11 Å². The second kappa shape index (κ2) is 4.87. The number of aryl methyl sites for hydroxylation is 1. The van der Waals surface area contributed by atoms with Gasteiger partial charge in [-0.15, -0.1) is 0 Å². The summed E-state index contributed by atoms with van der Waals surface area (Å²) in [6.45, 7) is 1.93. The maximum Gasteiger partial charge on any atom is 0.133 e. The Morgan fingerprint density at radius 2 is 1.90 bits per heavy atom. The SMILES string of the molecule is Cc1ccc2c(c1)[C@H](O)CC(c1ccc(F)cc1F)O2. The van der Waals surface area contributed by atoms with Crippen molar-refractivity contribution in [1.82, 2.24) is 0 Å². The number of fused-ring (bicyclic) bond motifs is 1. The Bertz CT molecular complexity index is 655. The highest BCUT2D eigenvalue weighted by Crippen LogP contribution is 2.41. The van der Waals surface area contributed by atoms with Crippen molar-refractivity contribution in [2.24, 2.45) is 0 Å². The molecule has 2 aromatic carbocycles. The summed E-state index contributed by atoms with van der Waals surface area (Å²) in [6.07, 6.45) is -1.08. The zero-order valence-corrected chi connectivity index (χ0v) is 10.9. The zero-order chi connectivity index (χ0) is 14.3. The standard InChI is InChI=1S/C16H14F2O2/c1-9-2-5-15-12(6-9)14(19)8-16(20-15)11-4-3-10(17)7-13(11)18/h2-7,14,16,19H,8H2,1H3/t14-,16?/m1/s1. The van der Waals surface area contributed by atoms with Crippen LogP contribution in [0.25, 0.3) is 0 Å². The predicted octanol–water partition coefficient (Wildman–Crippen LogP) is 3.83. The number of ether oxygens (including phenoxy) is 1. The highest BCUT2D eigenvalue weighted by Gasteiger charge is 2.29. The van der Waals surface area contributed by atoms with Crippen LogP contribution < -0.4 is 4.74 Å². The molecule has 0 bridgehead atoms. The van der Waals surface area contributed by atoms with Crippen LogP contribution in [0.4, 0.5) is 8.78 Å². The molecule has 104 valence electrons. The van der Waals surface area contributed by atoms with E-state index in [1.807, 2.05) is 19.1 Å². The van der Waals surface area contributed by atoms with Gasteiger partial charge in [0.15, 0.2) is 0 Å². The molecule has 0 spiro atoms. The monoisotopic (exact) mass is 276 g/mol. The van der Waals surface area contributed by atoms with E-state index in [2.05, 4.69) is 0 Å². The molecule has 1 unspecified atom stereocenters. The van der Waals surface area contributed by atoms with Crippen molar-refractivity contribution in [3.8, 4) is 5.75 Å². The van der Waals surface area contributed by atoms with E-state index in [0.717, 1.165) is 11.6 Å². The molecule has 2 aromatic rings. The third-order valence-corrected chi connectivity index (χ3v) is 3.54. The van der Waals surface area contributed by atoms with Crippen molar-refractivity contribution in [2.45, 2.75) is 25.6 Å². The summed E-state index contributed by atoms with van der Waals surface area (Å²) in [5.41, 5.74) is 2.00. The summed E-state index contributed by atoms with van der Waals surface area (Å²) in [7, 11) is 0. The van der Waals surface area contributed by atoms with Gasteiger partial charge in [0.2, 0.25) is 0 Å². The van der Waals surface area contributed by atoms with E-state index in [0.29, 0.717) is 11.3 Å². The Morgan fingerprint density at radius 1 is 1.10 bits per heavy atom. The van der Waals surface area contributed by atoms with E-state index < -0.39 is 23.8 Å². The second-order valence-electron chi connectivity index (χ2n) is 5.07. The molecule has 0 radical (unpaired) electrons. The van der Waals surface area contributed by atoms with Gasteiger partial charge in [-0.25, -0.2) is 8.78 Å². The molecular weight excluding hydrogens is 262 g/mol. The summed E-state index contributed by atoms with van der Waals surface area (Å²) in [5, 5.41) is 10.2. The van der Waals surface area contributed by atoms with Gasteiger partial charge >= 0.3 is 0 Å². The third kappa shape index (κ3) is 2.27. The van der Waals surface area contributed by atoms with Crippen molar-refractivity contribution in [2.75, 3.05) is 0 Å². The molecular formula is C16H14F2O2. The maximum atomic E-state index is 13.8. The summed E-state index contributed by atoms with van der Waals surface area (Å²) in [5.74, 6) is -0.737. The van der Waals surface area contributed by atoms with Gasteiger partial charge in [-0.2, -0.15) is 0 Å². The Balaban J connectivity index is 1.97. The van der Waals surface area contributed by atoms with E-state index in [9.17, 15) is 13.9 Å². The lowest BCUT2D eigenvalue weighted by Gasteiger charge is -2.30. The predicted molar refractivity (Wildman–Crippen MR) is 70.5 cm³/mol. The van der Waals surface area contributed by atoms with Gasteiger partial charge in [0.25, 0.3) is 0 Å². The largest absolute Gasteiger partial charge is 0.485 e. The minimum atomic E-state index is -0.715. The number of halogens is 2. The minimum Gasteiger partial charge on any atom is -0.485 e. The molecule has 0 aliphatic carbocycles. The molecule has 3 rings (SSSR count). The van der Waals surface area contributed by atoms with E-state index in [4.69, 9.17) is 4.74 Å². The van der Waals surface area contributed by atoms with Gasteiger partial charge in [-0.3, -0.25) is 0 Å². The first-order valence-corrected chi connectivity index (χ1v) is 6.45. The van der Waals surface area contributed by atoms with Gasteiger partial charge in [-0.1, -0.05) is 11.6 Å². The summed E-state index contributed by atoms with van der Waals surface area (Å²) in [6, 6.07) is 8.88. The Hall–Kier alpha value is -1.94. The maximum absolute atomic E-state index is 13.8. The van der Waals surface area contributed by atoms with Crippen LogP contribution in [0, 0.1) is 18.6 Å². The summed E-state index contributed by atoms with van der Waals surface area (Å²) >= 11 is 0. The number of hydrogen-bond donors (Lipinski definition) is 1. The Morgan fingerprint density at radius 3 is 2.65 bits per heavy atom. The van der Waals surface area contributed by atoms with Gasteiger partial charge < -0.3 is 9.84 Å². The van der Waals surface area contributed by atoms with E-state index in [1.54, 1.807) is 6.07 Å². The first-order valence-electron chi connectivity index (χ1n) is 6.45. The van der Waals surface area contributed by atoms with Crippen molar-refractivity contribution in [3.63, 3.8) is 0 Å². The first-order chi connectivity index (χ1) is 9.54. The van der Waals surface area contributed by atoms with Crippen LogP contribution in [-0.2, 0) is 0 Å². The lowest BCUT2D eigenvalue weighted by atomic mass is 9.94. The fourth-order valence-corrected chi connectivity index (χ4v) is 2.52. The molecule has 2 nitrogen and oxygen atoms in total. The number of aliphatic hydroxyl groups is 1. The van der Waals surface area contributed by atoms with Crippen LogP contribution in [0.15, 0.2) is 36.4 Å². The first kappa shape index (κ1) is 13.1. The van der Waals surface area contributed by atoms with Gasteiger partial charge in [0.1, 0.15) is 23.5 Å². The highest BCUT2D eigenvalue weighted by atomic mass is 19.1. The quantitative estimate of drug-likeness (QED) is 0.857. The zero-order valence-electron chi connectivity index (χ0n) is 10.9. The van der Waals surface area contributed by atoms with Crippen LogP contribution in [0.1, 0.15) is 35.3 Å². The molecule has 1 aliphatic rings. The minimum absolute atomic E-state index is 0.249. The number of aliphatic hydroxyl groups excluding tert-OH is 1. The van der Waals surface area contributed by atoms with Gasteiger partial charge in [0, 0.05) is 23.6 Å². The third-order valence-electron chi connectivity index (χ3n) is 3.54. The molecule has 0 amide bonds. The smallest absolute Gasteiger partial charge is 0.133 e. The van der Waals surface area contributed by atoms with Gasteiger partial charge in [0.05, 0.1) is 6.10 Å². The summed E-state index contributed by atoms with van der Waals surface area (Å²) < 4.78 is 32.5. The van der Waals surface area contributed by atoms with E-state index in [-0.39, 0.29) is 12.0 Å². The Kier molecular flexibility index (Phi) is 3.18. The molecule has 0 aromatic heterocycles. The van der Waals surface area contributed by atoms with Crippen LogP contribution in [0.5, 0.6) is 5.75 Å². The molecule has 0 saturated heterocycles. The fourth-order valence-electron chi connectivity index (χ4n) is 2.52. The normalized spacial score (nSPS) is 21.2.